The van der Waals surface area contributed by atoms with Crippen LogP contribution in [0.15, 0.2) is 65.9 Å². The van der Waals surface area contributed by atoms with Crippen LogP contribution < -0.4 is 10.5 Å². The third-order valence-electron chi connectivity index (χ3n) is 4.01. The van der Waals surface area contributed by atoms with Gasteiger partial charge in [0, 0.05) is 0 Å². The van der Waals surface area contributed by atoms with E-state index in [2.05, 4.69) is 39.2 Å². The first-order chi connectivity index (χ1) is 11.7. The van der Waals surface area contributed by atoms with Gasteiger partial charge in [-0.25, -0.2) is 9.98 Å². The zero-order chi connectivity index (χ0) is 16.5. The summed E-state index contributed by atoms with van der Waals surface area (Å²) in [5, 5.41) is 0. The summed E-state index contributed by atoms with van der Waals surface area (Å²) in [4.78, 5) is 12.7. The second-order valence-corrected chi connectivity index (χ2v) is 5.61. The largest absolute Gasteiger partial charge is 0.466 e. The number of benzene rings is 2. The highest BCUT2D eigenvalue weighted by Gasteiger charge is 2.24. The van der Waals surface area contributed by atoms with Crippen molar-refractivity contribution < 1.29 is 4.74 Å². The fraction of sp³-hybridized carbons (Fsp3) is 0.105. The van der Waals surface area contributed by atoms with Crippen LogP contribution in [0.4, 0.5) is 11.5 Å². The molecule has 0 amide bonds. The van der Waals surface area contributed by atoms with Crippen LogP contribution in [0, 0.1) is 0 Å². The van der Waals surface area contributed by atoms with Gasteiger partial charge in [0.25, 0.3) is 0 Å². The summed E-state index contributed by atoms with van der Waals surface area (Å²) in [6.45, 7) is 1.95. The van der Waals surface area contributed by atoms with Crippen molar-refractivity contribution in [2.24, 2.45) is 4.99 Å². The van der Waals surface area contributed by atoms with Crippen molar-refractivity contribution in [3.63, 3.8) is 0 Å². The molecule has 5 heteroatoms. The first-order valence-electron chi connectivity index (χ1n) is 7.74. The Bertz CT molecular complexity index is 904. The van der Waals surface area contributed by atoms with Crippen LogP contribution in [0.5, 0.6) is 5.88 Å². The number of hydrogen-bond acceptors (Lipinski definition) is 5. The molecule has 0 aliphatic carbocycles. The number of anilines is 1. The molecule has 1 unspecified atom stereocenters. The van der Waals surface area contributed by atoms with Crippen LogP contribution in [0.3, 0.4) is 0 Å². The lowest BCUT2D eigenvalue weighted by atomic mass is 10.00. The van der Waals surface area contributed by atoms with E-state index < -0.39 is 0 Å². The topological polar surface area (TPSA) is 73.4 Å². The second-order valence-electron chi connectivity index (χ2n) is 5.61. The molecular weight excluding hydrogens is 300 g/mol. The molecule has 1 atom stereocenters. The Balaban J connectivity index is 1.72. The van der Waals surface area contributed by atoms with Gasteiger partial charge in [0.2, 0.25) is 5.88 Å². The molecule has 1 aromatic heterocycles. The van der Waals surface area contributed by atoms with Gasteiger partial charge in [0.05, 0.1) is 5.71 Å². The maximum atomic E-state index is 5.89. The molecule has 0 fully saturated rings. The lowest BCUT2D eigenvalue weighted by Crippen LogP contribution is -2.28. The fourth-order valence-electron chi connectivity index (χ4n) is 2.76. The molecule has 5 nitrogen and oxygen atoms in total. The van der Waals surface area contributed by atoms with E-state index >= 15 is 0 Å². The highest BCUT2D eigenvalue weighted by Crippen LogP contribution is 2.35. The Kier molecular flexibility index (Phi) is 3.46. The predicted octanol–water partition coefficient (Wildman–Crippen LogP) is 3.63. The van der Waals surface area contributed by atoms with Gasteiger partial charge < -0.3 is 10.5 Å². The van der Waals surface area contributed by atoms with E-state index in [9.17, 15) is 0 Å². The summed E-state index contributed by atoms with van der Waals surface area (Å²) in [7, 11) is 0. The van der Waals surface area contributed by atoms with Crippen molar-refractivity contribution >= 4 is 17.2 Å². The first kappa shape index (κ1) is 14.4. The average molecular weight is 316 g/mol. The van der Waals surface area contributed by atoms with Gasteiger partial charge in [-0.05, 0) is 23.6 Å². The van der Waals surface area contributed by atoms with E-state index in [-0.39, 0.29) is 6.10 Å². The highest BCUT2D eigenvalue weighted by molar-refractivity contribution is 6.07. The van der Waals surface area contributed by atoms with Gasteiger partial charge in [0.15, 0.2) is 11.5 Å². The van der Waals surface area contributed by atoms with Crippen molar-refractivity contribution in [3.8, 4) is 17.0 Å². The minimum atomic E-state index is -0.200. The molecule has 0 spiro atoms. The molecule has 2 heterocycles. The van der Waals surface area contributed by atoms with Crippen LogP contribution in [-0.4, -0.2) is 21.8 Å². The number of nitrogens with zero attached hydrogens (tertiary/aromatic N) is 3. The number of aliphatic imine (C=N–C) groups is 1. The first-order valence-corrected chi connectivity index (χ1v) is 7.74. The lowest BCUT2D eigenvalue weighted by molar-refractivity contribution is 0.272. The van der Waals surface area contributed by atoms with E-state index in [0.29, 0.717) is 17.4 Å². The van der Waals surface area contributed by atoms with Crippen LogP contribution in [0.1, 0.15) is 12.5 Å². The van der Waals surface area contributed by atoms with Gasteiger partial charge in [-0.3, -0.25) is 0 Å². The zero-order valence-corrected chi connectivity index (χ0v) is 13.2. The number of nitrogen functional groups attached to an aromatic ring is 1. The van der Waals surface area contributed by atoms with Crippen molar-refractivity contribution in [1.82, 2.24) is 9.97 Å². The van der Waals surface area contributed by atoms with Crippen LogP contribution in [0.25, 0.3) is 11.1 Å². The van der Waals surface area contributed by atoms with Crippen LogP contribution in [0.2, 0.25) is 0 Å². The molecule has 2 aromatic carbocycles. The molecule has 1 aliphatic rings. The van der Waals surface area contributed by atoms with E-state index in [1.54, 1.807) is 0 Å². The third kappa shape index (κ3) is 2.50. The van der Waals surface area contributed by atoms with Crippen LogP contribution >= 0.6 is 0 Å². The molecule has 24 heavy (non-hydrogen) atoms. The maximum absolute atomic E-state index is 5.89. The Hall–Kier alpha value is -3.21. The Morgan fingerprint density at radius 3 is 2.29 bits per heavy atom. The van der Waals surface area contributed by atoms with Crippen molar-refractivity contribution in [1.29, 1.82) is 0 Å². The monoisotopic (exact) mass is 316 g/mol. The standard InChI is InChI=1S/C19H16N4O/c1-12-16(23-17-18(20)21-11-22-19(17)24-12)15-9-7-14(8-10-15)13-5-3-2-4-6-13/h2-12H,1H3,(H2,20,21,22). The minimum Gasteiger partial charge on any atom is -0.466 e. The number of rotatable bonds is 2. The molecule has 0 radical (unpaired) electrons. The van der Waals surface area contributed by atoms with E-state index in [0.717, 1.165) is 16.8 Å². The SMILES string of the molecule is CC1Oc2ncnc(N)c2N=C1c1ccc(-c2ccccc2)cc1. The molecule has 0 saturated heterocycles. The highest BCUT2D eigenvalue weighted by atomic mass is 16.5. The van der Waals surface area contributed by atoms with Crippen LogP contribution in [-0.2, 0) is 0 Å². The quantitative estimate of drug-likeness (QED) is 0.783. The van der Waals surface area contributed by atoms with Gasteiger partial charge in [-0.1, -0.05) is 54.6 Å². The molecule has 0 saturated carbocycles. The van der Waals surface area contributed by atoms with Gasteiger partial charge in [-0.15, -0.1) is 0 Å². The number of ether oxygens (including phenoxy) is 1. The molecule has 1 aliphatic heterocycles. The molecule has 4 rings (SSSR count). The molecule has 0 bridgehead atoms. The van der Waals surface area contributed by atoms with E-state index in [1.807, 2.05) is 37.3 Å². The minimum absolute atomic E-state index is 0.200. The normalized spacial score (nSPS) is 16.0. The van der Waals surface area contributed by atoms with Crippen molar-refractivity contribution in [2.45, 2.75) is 13.0 Å². The van der Waals surface area contributed by atoms with Crippen molar-refractivity contribution in [3.05, 3.63) is 66.5 Å². The molecule has 118 valence electrons. The lowest BCUT2D eigenvalue weighted by Gasteiger charge is -2.23. The number of hydrogen-bond donors (Lipinski definition) is 1. The van der Waals surface area contributed by atoms with Gasteiger partial charge in [0.1, 0.15) is 12.4 Å². The molecule has 2 N–H and O–H groups in total. The Morgan fingerprint density at radius 2 is 1.54 bits per heavy atom. The Morgan fingerprint density at radius 1 is 0.875 bits per heavy atom. The summed E-state index contributed by atoms with van der Waals surface area (Å²) in [5.41, 5.74) is 10.5. The molecule has 3 aromatic rings. The summed E-state index contributed by atoms with van der Waals surface area (Å²) >= 11 is 0. The van der Waals surface area contributed by atoms with Gasteiger partial charge in [-0.2, -0.15) is 4.98 Å². The third-order valence-corrected chi connectivity index (χ3v) is 4.01. The van der Waals surface area contributed by atoms with E-state index in [4.69, 9.17) is 10.5 Å². The molecular formula is C19H16N4O. The smallest absolute Gasteiger partial charge is 0.246 e. The van der Waals surface area contributed by atoms with E-state index in [1.165, 1.54) is 11.9 Å². The summed E-state index contributed by atoms with van der Waals surface area (Å²) in [6, 6.07) is 18.5. The number of nitrogens with two attached hydrogens (primary N) is 1. The number of fused-ring (bicyclic) bond motifs is 1. The number of aromatic nitrogens is 2. The maximum Gasteiger partial charge on any atom is 0.246 e. The van der Waals surface area contributed by atoms with Gasteiger partial charge >= 0.3 is 0 Å². The fourth-order valence-corrected chi connectivity index (χ4v) is 2.76. The van der Waals surface area contributed by atoms with Crippen molar-refractivity contribution in [2.75, 3.05) is 5.73 Å². The second kappa shape index (κ2) is 5.77. The summed E-state index contributed by atoms with van der Waals surface area (Å²) in [6.07, 6.45) is 1.19. The average Bonchev–Trinajstić information content (AvgIpc) is 2.62. The zero-order valence-electron chi connectivity index (χ0n) is 13.2. The summed E-state index contributed by atoms with van der Waals surface area (Å²) < 4.78 is 5.83. The Labute approximate surface area is 139 Å². The predicted molar refractivity (Wildman–Crippen MR) is 94.6 cm³/mol. The summed E-state index contributed by atoms with van der Waals surface area (Å²) in [5.74, 6) is 0.755.